The van der Waals surface area contributed by atoms with Gasteiger partial charge in [0.25, 0.3) is 0 Å². The molecule has 0 fully saturated rings. The molecule has 0 spiro atoms. The summed E-state index contributed by atoms with van der Waals surface area (Å²) in [5.41, 5.74) is 12.0. The number of nitrogens with zero attached hydrogens (tertiary/aromatic N) is 3. The number of hydrogen-bond donors (Lipinski definition) is 2. The Bertz CT molecular complexity index is 859. The Labute approximate surface area is 165 Å². The third kappa shape index (κ3) is 5.03. The van der Waals surface area contributed by atoms with Crippen molar-refractivity contribution in [3.63, 3.8) is 0 Å². The molecule has 2 N–H and O–H groups in total. The van der Waals surface area contributed by atoms with Crippen molar-refractivity contribution >= 4 is 17.0 Å². The zero-order chi connectivity index (χ0) is 20.0. The van der Waals surface area contributed by atoms with Gasteiger partial charge in [-0.15, -0.1) is 11.3 Å². The lowest BCUT2D eigenvalue weighted by Crippen LogP contribution is -2.26. The maximum Gasteiger partial charge on any atom is 0.138 e. The zero-order valence-corrected chi connectivity index (χ0v) is 17.4. The first-order valence-electron chi connectivity index (χ1n) is 9.04. The predicted octanol–water partition coefficient (Wildman–Crippen LogP) is 4.96. The summed E-state index contributed by atoms with van der Waals surface area (Å²) in [6.45, 7) is 14.1. The minimum absolute atomic E-state index is 0.111. The van der Waals surface area contributed by atoms with Crippen molar-refractivity contribution in [1.82, 2.24) is 15.8 Å². The Balaban J connectivity index is 2.40. The number of rotatable bonds is 7. The molecule has 27 heavy (non-hydrogen) atoms. The Morgan fingerprint density at radius 2 is 2.26 bits per heavy atom. The van der Waals surface area contributed by atoms with Gasteiger partial charge in [-0.25, -0.2) is 10.4 Å². The number of nitrogens with one attached hydrogen (secondary N) is 2. The number of hydrogen-bond acceptors (Lipinski definition) is 6. The van der Waals surface area contributed by atoms with Crippen LogP contribution in [-0.2, 0) is 0 Å². The molecular formula is C21H27N5S. The number of hydrazine groups is 1. The first-order valence-corrected chi connectivity index (χ1v) is 9.92. The summed E-state index contributed by atoms with van der Waals surface area (Å²) in [4.78, 5) is 9.57. The van der Waals surface area contributed by atoms with E-state index in [9.17, 15) is 5.26 Å². The average Bonchev–Trinajstić information content (AvgIpc) is 3.26. The maximum absolute atomic E-state index is 9.21. The number of aliphatic imine (C=N–C) groups is 1. The monoisotopic (exact) mass is 381 g/mol. The highest BCUT2D eigenvalue weighted by molar-refractivity contribution is 7.11. The largest absolute Gasteiger partial charge is 0.325 e. The van der Waals surface area contributed by atoms with E-state index in [1.807, 2.05) is 33.0 Å². The fourth-order valence-corrected chi connectivity index (χ4v) is 3.55. The van der Waals surface area contributed by atoms with Crippen LogP contribution in [0, 0.1) is 17.2 Å². The molecule has 0 bridgehead atoms. The summed E-state index contributed by atoms with van der Waals surface area (Å²) >= 11 is 1.61. The highest BCUT2D eigenvalue weighted by Crippen LogP contribution is 2.31. The van der Waals surface area contributed by atoms with Crippen LogP contribution in [0.4, 0.5) is 0 Å². The molecule has 1 aromatic rings. The van der Waals surface area contributed by atoms with Crippen molar-refractivity contribution in [2.75, 3.05) is 0 Å². The summed E-state index contributed by atoms with van der Waals surface area (Å²) in [6, 6.07) is 2.04. The molecular weight excluding hydrogens is 354 g/mol. The first-order chi connectivity index (χ1) is 12.9. The van der Waals surface area contributed by atoms with E-state index in [-0.39, 0.29) is 6.04 Å². The van der Waals surface area contributed by atoms with Crippen molar-refractivity contribution in [3.05, 3.63) is 63.4 Å². The van der Waals surface area contributed by atoms with E-state index in [4.69, 9.17) is 9.98 Å². The van der Waals surface area contributed by atoms with Crippen molar-refractivity contribution in [2.24, 2.45) is 10.9 Å². The Kier molecular flexibility index (Phi) is 7.28. The fraction of sp³-hybridized carbons (Fsp3) is 0.381. The molecule has 6 heteroatoms. The SMILES string of the molecule is C=C/C(C#N)=C\C1=C(C)NNC1c1csc(C(=NC=C(C)C)C(C)CC)n1. The summed E-state index contributed by atoms with van der Waals surface area (Å²) in [5.74, 6) is 0.330. The molecule has 0 aliphatic carbocycles. The average molecular weight is 382 g/mol. The van der Waals surface area contributed by atoms with E-state index in [2.05, 4.69) is 42.7 Å². The van der Waals surface area contributed by atoms with Crippen molar-refractivity contribution in [3.8, 4) is 6.07 Å². The van der Waals surface area contributed by atoms with Crippen LogP contribution >= 0.6 is 11.3 Å². The Morgan fingerprint density at radius 1 is 1.52 bits per heavy atom. The second kappa shape index (κ2) is 9.45. The Hall–Kier alpha value is -2.49. The van der Waals surface area contributed by atoms with Gasteiger partial charge in [-0.05, 0) is 38.8 Å². The molecule has 1 aliphatic heterocycles. The van der Waals surface area contributed by atoms with Crippen LogP contribution in [0.3, 0.4) is 0 Å². The van der Waals surface area contributed by atoms with Gasteiger partial charge in [0.2, 0.25) is 0 Å². The molecule has 2 unspecified atom stereocenters. The van der Waals surface area contributed by atoms with Crippen LogP contribution in [0.1, 0.15) is 57.8 Å². The molecule has 142 valence electrons. The van der Waals surface area contributed by atoms with Gasteiger partial charge < -0.3 is 5.43 Å². The molecule has 0 radical (unpaired) electrons. The van der Waals surface area contributed by atoms with E-state index in [1.54, 1.807) is 17.4 Å². The zero-order valence-electron chi connectivity index (χ0n) is 16.6. The van der Waals surface area contributed by atoms with Gasteiger partial charge in [-0.2, -0.15) is 5.26 Å². The van der Waals surface area contributed by atoms with E-state index >= 15 is 0 Å². The van der Waals surface area contributed by atoms with Gasteiger partial charge in [0.1, 0.15) is 5.01 Å². The number of allylic oxidation sites excluding steroid dienone is 4. The van der Waals surface area contributed by atoms with Crippen LogP contribution in [0.5, 0.6) is 0 Å². The van der Waals surface area contributed by atoms with E-state index < -0.39 is 0 Å². The summed E-state index contributed by atoms with van der Waals surface area (Å²) in [7, 11) is 0. The third-order valence-corrected chi connectivity index (χ3v) is 5.27. The molecule has 2 rings (SSSR count). The lowest BCUT2D eigenvalue weighted by atomic mass is 10.0. The molecule has 1 aliphatic rings. The number of nitriles is 1. The second-order valence-corrected chi connectivity index (χ2v) is 7.66. The molecule has 2 heterocycles. The topological polar surface area (TPSA) is 73.1 Å². The van der Waals surface area contributed by atoms with Crippen LogP contribution in [0.15, 0.2) is 57.7 Å². The predicted molar refractivity (Wildman–Crippen MR) is 113 cm³/mol. The van der Waals surface area contributed by atoms with Gasteiger partial charge in [0, 0.05) is 23.2 Å². The van der Waals surface area contributed by atoms with E-state index in [0.717, 1.165) is 39.7 Å². The van der Waals surface area contributed by atoms with Gasteiger partial charge in [0.15, 0.2) is 0 Å². The lowest BCUT2D eigenvalue weighted by molar-refractivity contribution is 0.581. The minimum Gasteiger partial charge on any atom is -0.325 e. The minimum atomic E-state index is -0.111. The van der Waals surface area contributed by atoms with E-state index in [0.29, 0.717) is 11.5 Å². The van der Waals surface area contributed by atoms with Crippen LogP contribution < -0.4 is 10.9 Å². The fourth-order valence-electron chi connectivity index (χ4n) is 2.60. The first kappa shape index (κ1) is 20.8. The molecule has 1 aromatic heterocycles. The second-order valence-electron chi connectivity index (χ2n) is 6.81. The van der Waals surface area contributed by atoms with Gasteiger partial charge >= 0.3 is 0 Å². The maximum atomic E-state index is 9.21. The number of aromatic nitrogens is 1. The van der Waals surface area contributed by atoms with Crippen molar-refractivity contribution in [1.29, 1.82) is 5.26 Å². The quantitative estimate of drug-likeness (QED) is 0.398. The van der Waals surface area contributed by atoms with E-state index in [1.165, 1.54) is 0 Å². The summed E-state index contributed by atoms with van der Waals surface area (Å²) in [5, 5.41) is 12.2. The standard InChI is InChI=1S/C21H27N5S/c1-7-14(5)19(23-11-13(3)4)21-24-18(12-27-21)20-17(15(6)25-26-20)9-16(8-2)10-22/h8-9,11-12,14,20,25-26H,2,7H2,1,3-6H3/b16-9+,23-19?. The highest BCUT2D eigenvalue weighted by Gasteiger charge is 2.26. The third-order valence-electron chi connectivity index (χ3n) is 4.39. The molecule has 0 amide bonds. The molecule has 2 atom stereocenters. The lowest BCUT2D eigenvalue weighted by Gasteiger charge is -2.11. The smallest absolute Gasteiger partial charge is 0.138 e. The molecule has 0 aromatic carbocycles. The number of thiazole rings is 1. The Morgan fingerprint density at radius 3 is 2.85 bits per heavy atom. The van der Waals surface area contributed by atoms with Crippen LogP contribution in [0.2, 0.25) is 0 Å². The van der Waals surface area contributed by atoms with Gasteiger partial charge in [-0.3, -0.25) is 4.99 Å². The molecule has 5 nitrogen and oxygen atoms in total. The van der Waals surface area contributed by atoms with Crippen molar-refractivity contribution in [2.45, 2.75) is 47.1 Å². The highest BCUT2D eigenvalue weighted by atomic mass is 32.1. The summed E-state index contributed by atoms with van der Waals surface area (Å²) < 4.78 is 0. The normalized spacial score (nSPS) is 18.7. The summed E-state index contributed by atoms with van der Waals surface area (Å²) in [6.07, 6.45) is 6.33. The van der Waals surface area contributed by atoms with Gasteiger partial charge in [0.05, 0.1) is 29.1 Å². The van der Waals surface area contributed by atoms with Gasteiger partial charge in [-0.1, -0.05) is 32.1 Å². The molecule has 0 saturated heterocycles. The molecule has 0 saturated carbocycles. The van der Waals surface area contributed by atoms with Crippen LogP contribution in [-0.4, -0.2) is 10.7 Å². The van der Waals surface area contributed by atoms with Crippen LogP contribution in [0.25, 0.3) is 0 Å². The van der Waals surface area contributed by atoms with Crippen molar-refractivity contribution < 1.29 is 0 Å².